The molecule has 3 unspecified atom stereocenters. The summed E-state index contributed by atoms with van der Waals surface area (Å²) in [6.07, 6.45) is 8.20. The maximum atomic E-state index is 13.6. The van der Waals surface area contributed by atoms with Crippen LogP contribution in [-0.4, -0.2) is 18.6 Å². The molecule has 0 N–H and O–H groups in total. The Morgan fingerprint density at radius 2 is 2.24 bits per heavy atom. The summed E-state index contributed by atoms with van der Waals surface area (Å²) >= 11 is 0. The smallest absolute Gasteiger partial charge is 0.126 e. The fourth-order valence-corrected chi connectivity index (χ4v) is 2.73. The van der Waals surface area contributed by atoms with Crippen molar-refractivity contribution in [3.8, 4) is 0 Å². The van der Waals surface area contributed by atoms with Gasteiger partial charge in [0.2, 0.25) is 0 Å². The molecule has 1 rings (SSSR count). The molecular weight excluding hydrogens is 238 g/mol. The maximum absolute atomic E-state index is 13.6. The van der Waals surface area contributed by atoms with Gasteiger partial charge in [0.1, 0.15) is 12.5 Å². The first-order valence-electron chi connectivity index (χ1n) is 6.34. The summed E-state index contributed by atoms with van der Waals surface area (Å²) in [4.78, 5) is 10.9. The van der Waals surface area contributed by atoms with E-state index in [9.17, 15) is 9.18 Å². The summed E-state index contributed by atoms with van der Waals surface area (Å²) in [6, 6.07) is 0. The van der Waals surface area contributed by atoms with Crippen molar-refractivity contribution in [2.75, 3.05) is 0 Å². The highest BCUT2D eigenvalue weighted by Crippen LogP contribution is 2.38. The van der Waals surface area contributed by atoms with E-state index in [1.165, 1.54) is 12.8 Å². The second-order valence-corrected chi connectivity index (χ2v) is 4.93. The van der Waals surface area contributed by atoms with Crippen LogP contribution < -0.4 is 0 Å². The quantitative estimate of drug-likeness (QED) is 0.303. The molecule has 0 aliphatic heterocycles. The minimum Gasteiger partial charge on any atom is -0.362 e. The number of aldehydes is 1. The van der Waals surface area contributed by atoms with Crippen molar-refractivity contribution in [2.24, 2.45) is 11.8 Å². The van der Waals surface area contributed by atoms with E-state index in [0.29, 0.717) is 6.42 Å². The van der Waals surface area contributed by atoms with E-state index >= 15 is 0 Å². The number of rotatable bonds is 7. The number of unbranched alkanes of at least 4 members (excludes halogenated alkanes) is 2. The Hall–Kier alpha value is -0.270. The van der Waals surface area contributed by atoms with Crippen LogP contribution in [0.1, 0.15) is 39.0 Å². The third-order valence-corrected chi connectivity index (χ3v) is 3.83. The number of carbonyl (C=O) groups excluding carboxylic acids is 1. The van der Waals surface area contributed by atoms with E-state index < -0.39 is 12.1 Å². The van der Waals surface area contributed by atoms with Crippen LogP contribution in [0.25, 0.3) is 0 Å². The third-order valence-electron chi connectivity index (χ3n) is 3.48. The van der Waals surface area contributed by atoms with Gasteiger partial charge in [-0.1, -0.05) is 31.9 Å². The number of alkyl halides is 1. The van der Waals surface area contributed by atoms with Gasteiger partial charge < -0.3 is 9.32 Å². The fraction of sp³-hybridized carbons (Fsp3) is 0.769. The molecule has 4 heteroatoms. The molecule has 0 saturated heterocycles. The van der Waals surface area contributed by atoms with Gasteiger partial charge in [-0.15, -0.1) is 0 Å². The van der Waals surface area contributed by atoms with E-state index in [0.717, 1.165) is 19.1 Å². The molecule has 1 aliphatic rings. The Kier molecular flexibility index (Phi) is 6.91. The van der Waals surface area contributed by atoms with Crippen molar-refractivity contribution in [3.63, 3.8) is 0 Å². The molecule has 0 aromatic rings. The van der Waals surface area contributed by atoms with Gasteiger partial charge in [-0.05, 0) is 12.8 Å². The summed E-state index contributed by atoms with van der Waals surface area (Å²) in [7, 11) is 2.19. The summed E-state index contributed by atoms with van der Waals surface area (Å²) in [5.74, 6) is -0.519. The second-order valence-electron chi connectivity index (χ2n) is 4.65. The van der Waals surface area contributed by atoms with Crippen LogP contribution in [0, 0.1) is 11.8 Å². The van der Waals surface area contributed by atoms with E-state index in [1.807, 2.05) is 0 Å². The summed E-state index contributed by atoms with van der Waals surface area (Å²) in [5, 5.41) is 0. The standard InChI is InChI=1S/C13H22FO2P/c1-2-3-4-5-6-7-10-11(9-15)12(14)8-13(10)16-17/h5-6,9-13H,2-4,7-8,17H2,1H3/b6-5-/t10-,11-,12?,13?/m1/s1. The monoisotopic (exact) mass is 260 g/mol. The Labute approximate surface area is 105 Å². The zero-order valence-corrected chi connectivity index (χ0v) is 11.5. The normalized spacial score (nSPS) is 33.4. The second kappa shape index (κ2) is 7.94. The van der Waals surface area contributed by atoms with E-state index in [4.69, 9.17) is 4.52 Å². The number of hydrogen-bond donors (Lipinski definition) is 0. The summed E-state index contributed by atoms with van der Waals surface area (Å²) in [5.41, 5.74) is 0. The molecule has 1 saturated carbocycles. The third kappa shape index (κ3) is 4.15. The lowest BCUT2D eigenvalue weighted by molar-refractivity contribution is -0.113. The van der Waals surface area contributed by atoms with E-state index in [1.54, 1.807) is 0 Å². The van der Waals surface area contributed by atoms with Gasteiger partial charge in [0, 0.05) is 21.8 Å². The van der Waals surface area contributed by atoms with Crippen LogP contribution in [0.5, 0.6) is 0 Å². The highest BCUT2D eigenvalue weighted by Gasteiger charge is 2.43. The molecule has 1 aliphatic carbocycles. The van der Waals surface area contributed by atoms with E-state index in [-0.39, 0.29) is 12.0 Å². The molecule has 0 aromatic carbocycles. The fourth-order valence-electron chi connectivity index (χ4n) is 2.41. The number of halogens is 1. The van der Waals surface area contributed by atoms with Crippen LogP contribution in [0.4, 0.5) is 4.39 Å². The first-order valence-corrected chi connectivity index (χ1v) is 6.81. The minimum absolute atomic E-state index is 0.0159. The van der Waals surface area contributed by atoms with Gasteiger partial charge in [0.15, 0.2) is 0 Å². The molecular formula is C13H22FO2P. The Morgan fingerprint density at radius 3 is 2.82 bits per heavy atom. The Morgan fingerprint density at radius 1 is 1.47 bits per heavy atom. The van der Waals surface area contributed by atoms with Crippen LogP contribution in [0.3, 0.4) is 0 Å². The Balaban J connectivity index is 2.47. The van der Waals surface area contributed by atoms with Crippen molar-refractivity contribution in [2.45, 2.75) is 51.3 Å². The maximum Gasteiger partial charge on any atom is 0.126 e. The first-order chi connectivity index (χ1) is 8.24. The average molecular weight is 260 g/mol. The minimum atomic E-state index is -1.05. The lowest BCUT2D eigenvalue weighted by atomic mass is 9.92. The molecule has 17 heavy (non-hydrogen) atoms. The average Bonchev–Trinajstić information content (AvgIpc) is 2.64. The first kappa shape index (κ1) is 14.8. The van der Waals surface area contributed by atoms with Crippen molar-refractivity contribution < 1.29 is 13.7 Å². The highest BCUT2D eigenvalue weighted by atomic mass is 31.0. The van der Waals surface area contributed by atoms with E-state index in [2.05, 4.69) is 28.5 Å². The van der Waals surface area contributed by atoms with Gasteiger partial charge in [-0.3, -0.25) is 0 Å². The molecule has 0 amide bonds. The van der Waals surface area contributed by atoms with Crippen molar-refractivity contribution >= 4 is 15.8 Å². The Bertz CT molecular complexity index is 258. The zero-order valence-electron chi connectivity index (χ0n) is 10.3. The van der Waals surface area contributed by atoms with Gasteiger partial charge in [0.05, 0.1) is 12.0 Å². The van der Waals surface area contributed by atoms with Crippen LogP contribution in [0.15, 0.2) is 12.2 Å². The van der Waals surface area contributed by atoms with Gasteiger partial charge in [0.25, 0.3) is 0 Å². The molecule has 5 atom stereocenters. The molecule has 0 bridgehead atoms. The topological polar surface area (TPSA) is 26.3 Å². The lowest BCUT2D eigenvalue weighted by Gasteiger charge is -2.18. The van der Waals surface area contributed by atoms with Crippen LogP contribution in [-0.2, 0) is 9.32 Å². The van der Waals surface area contributed by atoms with Gasteiger partial charge in [-0.25, -0.2) is 4.39 Å². The lowest BCUT2D eigenvalue weighted by Crippen LogP contribution is -2.21. The molecule has 2 nitrogen and oxygen atoms in total. The predicted octanol–water partition coefficient (Wildman–Crippen LogP) is 3.47. The summed E-state index contributed by atoms with van der Waals surface area (Å²) < 4.78 is 18.7. The molecule has 0 heterocycles. The molecule has 0 aromatic heterocycles. The zero-order chi connectivity index (χ0) is 12.7. The molecule has 98 valence electrons. The van der Waals surface area contributed by atoms with Gasteiger partial charge in [-0.2, -0.15) is 0 Å². The summed E-state index contributed by atoms with van der Waals surface area (Å²) in [6.45, 7) is 2.15. The molecule has 0 spiro atoms. The van der Waals surface area contributed by atoms with Crippen molar-refractivity contribution in [1.29, 1.82) is 0 Å². The molecule has 1 fully saturated rings. The molecule has 0 radical (unpaired) electrons. The van der Waals surface area contributed by atoms with Crippen molar-refractivity contribution in [1.82, 2.24) is 0 Å². The number of hydrogen-bond acceptors (Lipinski definition) is 2. The van der Waals surface area contributed by atoms with Crippen LogP contribution in [0.2, 0.25) is 0 Å². The van der Waals surface area contributed by atoms with Crippen LogP contribution >= 0.6 is 9.47 Å². The number of carbonyl (C=O) groups is 1. The highest BCUT2D eigenvalue weighted by molar-refractivity contribution is 7.09. The SMILES string of the molecule is CCCC/C=C\C[C@H]1C(OP)CC(F)[C@@H]1C=O. The van der Waals surface area contributed by atoms with Crippen molar-refractivity contribution in [3.05, 3.63) is 12.2 Å². The predicted molar refractivity (Wildman–Crippen MR) is 70.4 cm³/mol. The number of allylic oxidation sites excluding steroid dienone is 2. The largest absolute Gasteiger partial charge is 0.362 e. The van der Waals surface area contributed by atoms with Gasteiger partial charge >= 0.3 is 0 Å².